The fourth-order valence-corrected chi connectivity index (χ4v) is 3.66. The molecule has 0 aromatic carbocycles. The summed E-state index contributed by atoms with van der Waals surface area (Å²) in [7, 11) is -3.87. The zero-order chi connectivity index (χ0) is 15.7. The Labute approximate surface area is 120 Å². The highest BCUT2D eigenvalue weighted by atomic mass is 32.2. The number of hydrogen-bond acceptors (Lipinski definition) is 4. The van der Waals surface area contributed by atoms with Crippen LogP contribution in [0.3, 0.4) is 0 Å². The lowest BCUT2D eigenvalue weighted by molar-refractivity contribution is -0.141. The Morgan fingerprint density at radius 2 is 2.05 bits per heavy atom. The summed E-state index contributed by atoms with van der Waals surface area (Å²) in [5.74, 6) is 0. The molecule has 0 aliphatic carbocycles. The molecule has 1 aromatic rings. The maximum Gasteiger partial charge on any atom is 0.433 e. The number of ether oxygens (including phenoxy) is 1. The first-order valence-corrected chi connectivity index (χ1v) is 7.80. The van der Waals surface area contributed by atoms with Crippen molar-refractivity contribution in [1.82, 2.24) is 9.29 Å². The van der Waals surface area contributed by atoms with Gasteiger partial charge in [-0.15, -0.1) is 0 Å². The minimum absolute atomic E-state index is 0.171. The summed E-state index contributed by atoms with van der Waals surface area (Å²) in [6, 6.07) is 1.33. The van der Waals surface area contributed by atoms with Crippen molar-refractivity contribution in [1.29, 1.82) is 0 Å². The molecule has 1 unspecified atom stereocenters. The Balaban J connectivity index is 2.30. The number of hydrogen-bond donors (Lipinski definition) is 0. The molecule has 0 saturated carbocycles. The number of alkyl halides is 3. The maximum atomic E-state index is 12.5. The fourth-order valence-electron chi connectivity index (χ4n) is 2.07. The molecule has 118 valence electrons. The van der Waals surface area contributed by atoms with Crippen molar-refractivity contribution in [3.8, 4) is 0 Å². The average molecular weight is 324 g/mol. The molecule has 1 saturated heterocycles. The first kappa shape index (κ1) is 16.2. The monoisotopic (exact) mass is 324 g/mol. The summed E-state index contributed by atoms with van der Waals surface area (Å²) in [4.78, 5) is 2.95. The van der Waals surface area contributed by atoms with Gasteiger partial charge in [0.25, 0.3) is 0 Å². The highest BCUT2D eigenvalue weighted by Gasteiger charge is 2.34. The third kappa shape index (κ3) is 3.53. The van der Waals surface area contributed by atoms with Crippen LogP contribution < -0.4 is 0 Å². The molecule has 0 N–H and O–H groups in total. The van der Waals surface area contributed by atoms with Crippen LogP contribution in [0, 0.1) is 0 Å². The van der Waals surface area contributed by atoms with E-state index in [1.165, 1.54) is 4.31 Å². The molecule has 1 aliphatic rings. The Kier molecular flexibility index (Phi) is 4.54. The van der Waals surface area contributed by atoms with Gasteiger partial charge in [0.05, 0.1) is 6.61 Å². The van der Waals surface area contributed by atoms with E-state index in [0.717, 1.165) is 12.3 Å². The predicted molar refractivity (Wildman–Crippen MR) is 68.0 cm³/mol. The van der Waals surface area contributed by atoms with Crippen molar-refractivity contribution in [2.45, 2.75) is 30.5 Å². The number of halogens is 3. The van der Waals surface area contributed by atoms with E-state index in [-0.39, 0.29) is 24.1 Å². The van der Waals surface area contributed by atoms with Crippen LogP contribution in [0.15, 0.2) is 23.2 Å². The van der Waals surface area contributed by atoms with Crippen molar-refractivity contribution in [3.05, 3.63) is 24.0 Å². The van der Waals surface area contributed by atoms with Crippen LogP contribution >= 0.6 is 0 Å². The van der Waals surface area contributed by atoms with Crippen LogP contribution in [0.25, 0.3) is 0 Å². The van der Waals surface area contributed by atoms with Gasteiger partial charge in [-0.25, -0.2) is 8.42 Å². The van der Waals surface area contributed by atoms with Crippen molar-refractivity contribution in [3.63, 3.8) is 0 Å². The Morgan fingerprint density at radius 3 is 2.62 bits per heavy atom. The molecule has 1 fully saturated rings. The van der Waals surface area contributed by atoms with Gasteiger partial charge in [-0.05, 0) is 25.5 Å². The quantitative estimate of drug-likeness (QED) is 0.834. The average Bonchev–Trinajstić information content (AvgIpc) is 2.63. The molecule has 5 nitrogen and oxygen atoms in total. The van der Waals surface area contributed by atoms with Gasteiger partial charge in [-0.1, -0.05) is 0 Å². The molecule has 1 atom stereocenters. The molecular formula is C12H15F3N2O3S. The number of aromatic nitrogens is 1. The summed E-state index contributed by atoms with van der Waals surface area (Å²) in [5.41, 5.74) is -1.12. The SMILES string of the molecule is CC1CCOCCN1S(=O)(=O)c1ccc(C(F)(F)F)nc1. The van der Waals surface area contributed by atoms with Crippen LogP contribution in [0.4, 0.5) is 13.2 Å². The van der Waals surface area contributed by atoms with Gasteiger partial charge in [-0.3, -0.25) is 4.98 Å². The second-order valence-corrected chi connectivity index (χ2v) is 6.63. The summed E-state index contributed by atoms with van der Waals surface area (Å²) in [5, 5.41) is 0. The van der Waals surface area contributed by atoms with Gasteiger partial charge < -0.3 is 4.74 Å². The molecular weight excluding hydrogens is 309 g/mol. The third-order valence-corrected chi connectivity index (χ3v) is 5.26. The molecule has 0 spiro atoms. The van der Waals surface area contributed by atoms with Gasteiger partial charge in [0.2, 0.25) is 10.0 Å². The zero-order valence-corrected chi connectivity index (χ0v) is 12.1. The summed E-state index contributed by atoms with van der Waals surface area (Å²) >= 11 is 0. The third-order valence-electron chi connectivity index (χ3n) is 3.26. The van der Waals surface area contributed by atoms with E-state index in [0.29, 0.717) is 19.1 Å². The van der Waals surface area contributed by atoms with E-state index in [4.69, 9.17) is 4.74 Å². The highest BCUT2D eigenvalue weighted by Crippen LogP contribution is 2.28. The minimum atomic E-state index is -4.59. The fraction of sp³-hybridized carbons (Fsp3) is 0.583. The first-order valence-electron chi connectivity index (χ1n) is 6.36. The standard InChI is InChI=1S/C12H15F3N2O3S/c1-9-4-6-20-7-5-17(9)21(18,19)10-2-3-11(16-8-10)12(13,14)15/h2-3,8-9H,4-7H2,1H3. The summed E-state index contributed by atoms with van der Waals surface area (Å²) in [6.45, 7) is 2.63. The van der Waals surface area contributed by atoms with Gasteiger partial charge in [-0.2, -0.15) is 17.5 Å². The van der Waals surface area contributed by atoms with E-state index in [1.807, 2.05) is 0 Å². The predicted octanol–water partition coefficient (Wildman–Crippen LogP) is 1.90. The molecule has 0 bridgehead atoms. The van der Waals surface area contributed by atoms with E-state index in [9.17, 15) is 21.6 Å². The lowest BCUT2D eigenvalue weighted by Crippen LogP contribution is -2.39. The van der Waals surface area contributed by atoms with Crippen LogP contribution in [0.1, 0.15) is 19.0 Å². The van der Waals surface area contributed by atoms with Gasteiger partial charge in [0.1, 0.15) is 10.6 Å². The molecule has 1 aromatic heterocycles. The number of nitrogens with zero attached hydrogens (tertiary/aromatic N) is 2. The maximum absolute atomic E-state index is 12.5. The van der Waals surface area contributed by atoms with Crippen molar-refractivity contribution in [2.24, 2.45) is 0 Å². The van der Waals surface area contributed by atoms with E-state index < -0.39 is 21.9 Å². The Hall–Kier alpha value is -1.19. The van der Waals surface area contributed by atoms with Crippen LogP contribution in [0.5, 0.6) is 0 Å². The number of sulfonamides is 1. The molecule has 0 radical (unpaired) electrons. The highest BCUT2D eigenvalue weighted by molar-refractivity contribution is 7.89. The largest absolute Gasteiger partial charge is 0.433 e. The lowest BCUT2D eigenvalue weighted by Gasteiger charge is -2.25. The summed E-state index contributed by atoms with van der Waals surface area (Å²) < 4.78 is 68.7. The normalized spacial score (nSPS) is 22.0. The molecule has 21 heavy (non-hydrogen) atoms. The van der Waals surface area contributed by atoms with Crippen LogP contribution in [0.2, 0.25) is 0 Å². The van der Waals surface area contributed by atoms with Crippen molar-refractivity contribution < 1.29 is 26.3 Å². The second kappa shape index (κ2) is 5.90. The molecule has 1 aliphatic heterocycles. The summed E-state index contributed by atoms with van der Waals surface area (Å²) in [6.07, 6.45) is -3.31. The van der Waals surface area contributed by atoms with Crippen LogP contribution in [-0.2, 0) is 20.9 Å². The van der Waals surface area contributed by atoms with Gasteiger partial charge in [0, 0.05) is 25.4 Å². The second-order valence-electron chi connectivity index (χ2n) is 4.74. The zero-order valence-electron chi connectivity index (χ0n) is 11.3. The van der Waals surface area contributed by atoms with Crippen molar-refractivity contribution >= 4 is 10.0 Å². The minimum Gasteiger partial charge on any atom is -0.380 e. The smallest absolute Gasteiger partial charge is 0.380 e. The Bertz CT molecular complexity index is 587. The molecule has 2 heterocycles. The van der Waals surface area contributed by atoms with E-state index >= 15 is 0 Å². The molecule has 2 rings (SSSR count). The molecule has 9 heteroatoms. The number of pyridine rings is 1. The van der Waals surface area contributed by atoms with Crippen molar-refractivity contribution in [2.75, 3.05) is 19.8 Å². The van der Waals surface area contributed by atoms with Gasteiger partial charge >= 0.3 is 6.18 Å². The van der Waals surface area contributed by atoms with E-state index in [1.54, 1.807) is 6.92 Å². The Morgan fingerprint density at radius 1 is 1.33 bits per heavy atom. The number of rotatable bonds is 2. The van der Waals surface area contributed by atoms with Crippen LogP contribution in [-0.4, -0.2) is 43.5 Å². The first-order chi connectivity index (χ1) is 9.73. The topological polar surface area (TPSA) is 59.5 Å². The molecule has 0 amide bonds. The van der Waals surface area contributed by atoms with Gasteiger partial charge in [0.15, 0.2) is 0 Å². The van der Waals surface area contributed by atoms with E-state index in [2.05, 4.69) is 4.98 Å². The lowest BCUT2D eigenvalue weighted by atomic mass is 10.2.